The lowest BCUT2D eigenvalue weighted by Crippen LogP contribution is -2.15. The first-order valence-electron chi connectivity index (χ1n) is 7.26. The SMILES string of the molecule is O=C(Nc1ccccc1Br)c1ccc(NCc2ccccn2)nn1. The van der Waals surface area contributed by atoms with Gasteiger partial charge in [0.2, 0.25) is 0 Å². The number of hydrogen-bond acceptors (Lipinski definition) is 5. The number of nitrogens with zero attached hydrogens (tertiary/aromatic N) is 3. The number of carbonyl (C=O) groups excluding carboxylic acids is 1. The molecule has 0 saturated heterocycles. The van der Waals surface area contributed by atoms with Crippen LogP contribution < -0.4 is 10.6 Å². The summed E-state index contributed by atoms with van der Waals surface area (Å²) in [5.74, 6) is 0.267. The summed E-state index contributed by atoms with van der Waals surface area (Å²) in [6.07, 6.45) is 1.73. The summed E-state index contributed by atoms with van der Waals surface area (Å²) in [6, 6.07) is 16.4. The number of nitrogens with one attached hydrogen (secondary N) is 2. The van der Waals surface area contributed by atoms with Crippen molar-refractivity contribution in [3.8, 4) is 0 Å². The van der Waals surface area contributed by atoms with E-state index >= 15 is 0 Å². The van der Waals surface area contributed by atoms with Crippen LogP contribution in [0.15, 0.2) is 65.3 Å². The quantitative estimate of drug-likeness (QED) is 0.704. The summed E-state index contributed by atoms with van der Waals surface area (Å²) in [5, 5.41) is 13.9. The van der Waals surface area contributed by atoms with Crippen molar-refractivity contribution >= 4 is 33.3 Å². The lowest BCUT2D eigenvalue weighted by atomic mass is 10.3. The predicted molar refractivity (Wildman–Crippen MR) is 95.7 cm³/mol. The highest BCUT2D eigenvalue weighted by Gasteiger charge is 2.10. The average molecular weight is 384 g/mol. The molecule has 7 heteroatoms. The van der Waals surface area contributed by atoms with Gasteiger partial charge >= 0.3 is 0 Å². The average Bonchev–Trinajstić information content (AvgIpc) is 2.63. The molecule has 0 fully saturated rings. The molecule has 0 aliphatic heterocycles. The summed E-state index contributed by atoms with van der Waals surface area (Å²) in [7, 11) is 0. The lowest BCUT2D eigenvalue weighted by molar-refractivity contribution is 0.102. The van der Waals surface area contributed by atoms with E-state index in [0.717, 1.165) is 10.2 Å². The third kappa shape index (κ3) is 4.14. The van der Waals surface area contributed by atoms with Crippen molar-refractivity contribution in [1.29, 1.82) is 0 Å². The Labute approximate surface area is 147 Å². The molecule has 0 saturated carbocycles. The van der Waals surface area contributed by atoms with E-state index in [9.17, 15) is 4.79 Å². The van der Waals surface area contributed by atoms with Crippen molar-refractivity contribution in [3.05, 3.63) is 76.7 Å². The van der Waals surface area contributed by atoms with Crippen LogP contribution in [-0.2, 0) is 6.54 Å². The van der Waals surface area contributed by atoms with Gasteiger partial charge in [-0.3, -0.25) is 9.78 Å². The van der Waals surface area contributed by atoms with Crippen LogP contribution in [0.4, 0.5) is 11.5 Å². The van der Waals surface area contributed by atoms with Gasteiger partial charge in [-0.2, -0.15) is 0 Å². The largest absolute Gasteiger partial charge is 0.363 e. The van der Waals surface area contributed by atoms with Gasteiger partial charge in [-0.15, -0.1) is 10.2 Å². The fraction of sp³-hybridized carbons (Fsp3) is 0.0588. The van der Waals surface area contributed by atoms with E-state index in [-0.39, 0.29) is 11.6 Å². The van der Waals surface area contributed by atoms with Gasteiger partial charge in [0.15, 0.2) is 5.69 Å². The van der Waals surface area contributed by atoms with Gasteiger partial charge in [0.1, 0.15) is 5.82 Å². The van der Waals surface area contributed by atoms with Crippen molar-refractivity contribution in [2.24, 2.45) is 0 Å². The molecule has 1 amide bonds. The lowest BCUT2D eigenvalue weighted by Gasteiger charge is -2.07. The molecule has 3 aromatic rings. The summed E-state index contributed by atoms with van der Waals surface area (Å²) < 4.78 is 0.806. The van der Waals surface area contributed by atoms with E-state index in [4.69, 9.17) is 0 Å². The van der Waals surface area contributed by atoms with Gasteiger partial charge in [-0.05, 0) is 52.3 Å². The molecule has 1 aromatic carbocycles. The molecule has 6 nitrogen and oxygen atoms in total. The second-order valence-corrected chi connectivity index (χ2v) is 5.77. The van der Waals surface area contributed by atoms with Gasteiger partial charge in [0.25, 0.3) is 5.91 Å². The monoisotopic (exact) mass is 383 g/mol. The Morgan fingerprint density at radius 2 is 1.83 bits per heavy atom. The molecule has 2 aromatic heterocycles. The van der Waals surface area contributed by atoms with Crippen molar-refractivity contribution < 1.29 is 4.79 Å². The van der Waals surface area contributed by atoms with Crippen molar-refractivity contribution in [3.63, 3.8) is 0 Å². The smallest absolute Gasteiger partial charge is 0.276 e. The number of pyridine rings is 1. The minimum atomic E-state index is -0.314. The van der Waals surface area contributed by atoms with Crippen molar-refractivity contribution in [2.45, 2.75) is 6.54 Å². The van der Waals surface area contributed by atoms with E-state index in [2.05, 4.69) is 41.7 Å². The molecule has 0 bridgehead atoms. The molecule has 0 atom stereocenters. The first-order chi connectivity index (χ1) is 11.7. The number of amides is 1. The normalized spacial score (nSPS) is 10.2. The first-order valence-corrected chi connectivity index (χ1v) is 8.05. The Balaban J connectivity index is 1.61. The molecular weight excluding hydrogens is 370 g/mol. The number of rotatable bonds is 5. The van der Waals surface area contributed by atoms with Crippen molar-refractivity contribution in [1.82, 2.24) is 15.2 Å². The van der Waals surface area contributed by atoms with Crippen LogP contribution in [0.1, 0.15) is 16.2 Å². The predicted octanol–water partition coefficient (Wildman–Crippen LogP) is 3.50. The first kappa shape index (κ1) is 16.1. The number of halogens is 1. The van der Waals surface area contributed by atoms with Gasteiger partial charge in [0.05, 0.1) is 17.9 Å². The maximum Gasteiger partial charge on any atom is 0.276 e. The van der Waals surface area contributed by atoms with Gasteiger partial charge in [-0.25, -0.2) is 0 Å². The maximum absolute atomic E-state index is 12.2. The van der Waals surface area contributed by atoms with E-state index in [1.165, 1.54) is 0 Å². The summed E-state index contributed by atoms with van der Waals surface area (Å²) in [6.45, 7) is 0.540. The van der Waals surface area contributed by atoms with Crippen molar-refractivity contribution in [2.75, 3.05) is 10.6 Å². The van der Waals surface area contributed by atoms with E-state index < -0.39 is 0 Å². The molecule has 120 valence electrons. The minimum Gasteiger partial charge on any atom is -0.363 e. The van der Waals surface area contributed by atoms with Gasteiger partial charge in [0, 0.05) is 10.7 Å². The molecule has 0 aliphatic carbocycles. The third-order valence-corrected chi connectivity index (χ3v) is 3.89. The number of para-hydroxylation sites is 1. The Hall–Kier alpha value is -2.80. The zero-order valence-corrected chi connectivity index (χ0v) is 14.2. The standard InChI is InChI=1S/C17H14BrN5O/c18-13-6-1-2-7-14(13)21-17(24)15-8-9-16(23-22-15)20-11-12-5-3-4-10-19-12/h1-10H,11H2,(H,20,23)(H,21,24). The number of benzene rings is 1. The fourth-order valence-electron chi connectivity index (χ4n) is 1.98. The van der Waals surface area contributed by atoms with Gasteiger partial charge in [-0.1, -0.05) is 18.2 Å². The van der Waals surface area contributed by atoms with E-state index in [1.807, 2.05) is 36.4 Å². The molecule has 0 spiro atoms. The van der Waals surface area contributed by atoms with Crippen LogP contribution in [-0.4, -0.2) is 21.1 Å². The van der Waals surface area contributed by atoms with E-state index in [1.54, 1.807) is 24.4 Å². The molecule has 2 heterocycles. The summed E-state index contributed by atoms with van der Waals surface area (Å²) in [4.78, 5) is 16.4. The molecule has 2 N–H and O–H groups in total. The van der Waals surface area contributed by atoms with Crippen LogP contribution >= 0.6 is 15.9 Å². The molecule has 0 radical (unpaired) electrons. The maximum atomic E-state index is 12.2. The molecule has 3 rings (SSSR count). The Kier molecular flexibility index (Phi) is 5.12. The molecular formula is C17H14BrN5O. The topological polar surface area (TPSA) is 79.8 Å². The number of anilines is 2. The Morgan fingerprint density at radius 1 is 1.00 bits per heavy atom. The van der Waals surface area contributed by atoms with Crippen LogP contribution in [0.3, 0.4) is 0 Å². The molecule has 0 aliphatic rings. The third-order valence-electron chi connectivity index (χ3n) is 3.20. The van der Waals surface area contributed by atoms with E-state index in [0.29, 0.717) is 18.1 Å². The second-order valence-electron chi connectivity index (χ2n) is 4.91. The number of hydrogen-bond donors (Lipinski definition) is 2. The molecule has 0 unspecified atom stereocenters. The van der Waals surface area contributed by atoms with Crippen LogP contribution in [0.25, 0.3) is 0 Å². The van der Waals surface area contributed by atoms with Crippen LogP contribution in [0, 0.1) is 0 Å². The highest BCUT2D eigenvalue weighted by molar-refractivity contribution is 9.10. The highest BCUT2D eigenvalue weighted by Crippen LogP contribution is 2.21. The summed E-state index contributed by atoms with van der Waals surface area (Å²) in [5.41, 5.74) is 1.82. The van der Waals surface area contributed by atoms with Crippen LogP contribution in [0.5, 0.6) is 0 Å². The number of aromatic nitrogens is 3. The zero-order chi connectivity index (χ0) is 16.8. The zero-order valence-electron chi connectivity index (χ0n) is 12.6. The Morgan fingerprint density at radius 3 is 2.54 bits per heavy atom. The fourth-order valence-corrected chi connectivity index (χ4v) is 2.36. The highest BCUT2D eigenvalue weighted by atomic mass is 79.9. The van der Waals surface area contributed by atoms with Gasteiger partial charge < -0.3 is 10.6 Å². The molecule has 24 heavy (non-hydrogen) atoms. The second kappa shape index (κ2) is 7.65. The van der Waals surface area contributed by atoms with Crippen LogP contribution in [0.2, 0.25) is 0 Å². The number of carbonyl (C=O) groups is 1. The Bertz CT molecular complexity index is 824. The summed E-state index contributed by atoms with van der Waals surface area (Å²) >= 11 is 3.38. The minimum absolute atomic E-state index is 0.245.